The second-order valence-electron chi connectivity index (χ2n) is 8.83. The number of anilines is 3. The summed E-state index contributed by atoms with van der Waals surface area (Å²) >= 11 is 0. The van der Waals surface area contributed by atoms with Crippen LogP contribution in [0.3, 0.4) is 0 Å². The molecule has 1 heterocycles. The maximum absolute atomic E-state index is 13.7. The summed E-state index contributed by atoms with van der Waals surface area (Å²) < 4.78 is 0. The van der Waals surface area contributed by atoms with Crippen LogP contribution < -0.4 is 15.1 Å². The van der Waals surface area contributed by atoms with E-state index in [1.807, 2.05) is 107 Å². The zero-order chi connectivity index (χ0) is 23.9. The highest BCUT2D eigenvalue weighted by Gasteiger charge is 2.40. The van der Waals surface area contributed by atoms with Gasteiger partial charge in [-0.05, 0) is 91.9 Å². The van der Waals surface area contributed by atoms with Gasteiger partial charge in [0.2, 0.25) is 0 Å². The quantitative estimate of drug-likeness (QED) is 0.542. The number of carbonyl (C=O) groups is 2. The molecule has 168 valence electrons. The van der Waals surface area contributed by atoms with E-state index in [1.165, 1.54) is 4.90 Å². The first-order valence-corrected chi connectivity index (χ1v) is 11.0. The summed E-state index contributed by atoms with van der Waals surface area (Å²) in [5.74, 6) is -0.674. The Bertz CT molecular complexity index is 1290. The molecule has 0 saturated heterocycles. The maximum atomic E-state index is 13.7. The summed E-state index contributed by atoms with van der Waals surface area (Å²) in [5.41, 5.74) is 8.13. The summed E-state index contributed by atoms with van der Waals surface area (Å²) in [7, 11) is 3.95. The van der Waals surface area contributed by atoms with Gasteiger partial charge in [-0.15, -0.1) is 0 Å². The normalized spacial score (nSPS) is 13.7. The van der Waals surface area contributed by atoms with Crippen molar-refractivity contribution in [2.75, 3.05) is 29.2 Å². The second-order valence-corrected chi connectivity index (χ2v) is 8.83. The number of aryl methyl sites for hydroxylation is 4. The van der Waals surface area contributed by atoms with Gasteiger partial charge in [0.15, 0.2) is 0 Å². The van der Waals surface area contributed by atoms with Crippen LogP contribution in [-0.4, -0.2) is 25.9 Å². The largest absolute Gasteiger partial charge is 0.378 e. The Morgan fingerprint density at radius 3 is 1.88 bits per heavy atom. The van der Waals surface area contributed by atoms with Crippen LogP contribution in [0, 0.1) is 27.7 Å². The van der Waals surface area contributed by atoms with Gasteiger partial charge < -0.3 is 10.2 Å². The molecule has 1 aliphatic rings. The number of hydrogen-bond donors (Lipinski definition) is 1. The Morgan fingerprint density at radius 2 is 1.30 bits per heavy atom. The van der Waals surface area contributed by atoms with E-state index in [1.54, 1.807) is 0 Å². The maximum Gasteiger partial charge on any atom is 0.282 e. The van der Waals surface area contributed by atoms with Crippen LogP contribution in [0.4, 0.5) is 17.1 Å². The lowest BCUT2D eigenvalue weighted by atomic mass is 9.99. The van der Waals surface area contributed by atoms with E-state index in [0.717, 1.165) is 39.2 Å². The molecule has 3 aromatic carbocycles. The van der Waals surface area contributed by atoms with E-state index < -0.39 is 0 Å². The smallest absolute Gasteiger partial charge is 0.282 e. The SMILES string of the molecule is Cc1ccc(C2=C(Nc3ccc(N(C)C)cc3)C(=O)N(c3ccc(C)c(C)c3)C2=O)cc1C. The second kappa shape index (κ2) is 8.58. The molecule has 0 unspecified atom stereocenters. The number of amides is 2. The number of benzene rings is 3. The summed E-state index contributed by atoms with van der Waals surface area (Å²) in [6.45, 7) is 8.03. The van der Waals surface area contributed by atoms with Crippen molar-refractivity contribution in [2.45, 2.75) is 27.7 Å². The lowest BCUT2D eigenvalue weighted by Crippen LogP contribution is -2.32. The van der Waals surface area contributed by atoms with E-state index in [0.29, 0.717) is 17.0 Å². The van der Waals surface area contributed by atoms with Crippen LogP contribution in [0.2, 0.25) is 0 Å². The molecule has 0 aliphatic carbocycles. The van der Waals surface area contributed by atoms with Gasteiger partial charge in [0, 0.05) is 25.5 Å². The molecule has 0 fully saturated rings. The molecule has 0 bridgehead atoms. The predicted molar refractivity (Wildman–Crippen MR) is 136 cm³/mol. The van der Waals surface area contributed by atoms with Gasteiger partial charge in [-0.3, -0.25) is 9.59 Å². The van der Waals surface area contributed by atoms with Gasteiger partial charge in [-0.2, -0.15) is 0 Å². The minimum atomic E-state index is -0.354. The van der Waals surface area contributed by atoms with Gasteiger partial charge in [0.25, 0.3) is 11.8 Å². The average Bonchev–Trinajstić information content (AvgIpc) is 3.02. The third kappa shape index (κ3) is 4.14. The summed E-state index contributed by atoms with van der Waals surface area (Å²) in [4.78, 5) is 30.5. The Labute approximate surface area is 195 Å². The number of carbonyl (C=O) groups excluding carboxylic acids is 2. The molecule has 3 aromatic rings. The molecular formula is C28H29N3O2. The van der Waals surface area contributed by atoms with Gasteiger partial charge >= 0.3 is 0 Å². The van der Waals surface area contributed by atoms with E-state index in [4.69, 9.17) is 0 Å². The molecule has 2 amide bonds. The fourth-order valence-electron chi connectivity index (χ4n) is 3.90. The summed E-state index contributed by atoms with van der Waals surface area (Å²) in [6.07, 6.45) is 0. The van der Waals surface area contributed by atoms with E-state index in [2.05, 4.69) is 5.32 Å². The molecule has 4 rings (SSSR count). The fourth-order valence-corrected chi connectivity index (χ4v) is 3.90. The van der Waals surface area contributed by atoms with Crippen LogP contribution >= 0.6 is 0 Å². The Balaban J connectivity index is 1.81. The number of nitrogens with one attached hydrogen (secondary N) is 1. The zero-order valence-electron chi connectivity index (χ0n) is 20.0. The number of imide groups is 1. The first kappa shape index (κ1) is 22.3. The third-order valence-electron chi connectivity index (χ3n) is 6.28. The van der Waals surface area contributed by atoms with Crippen LogP contribution in [0.15, 0.2) is 66.4 Å². The highest BCUT2D eigenvalue weighted by Crippen LogP contribution is 2.35. The molecule has 1 aliphatic heterocycles. The van der Waals surface area contributed by atoms with Crippen molar-refractivity contribution >= 4 is 34.4 Å². The Hall–Kier alpha value is -3.86. The first-order valence-electron chi connectivity index (χ1n) is 11.0. The number of nitrogens with zero attached hydrogens (tertiary/aromatic N) is 2. The molecule has 5 heteroatoms. The molecule has 0 atom stereocenters. The first-order chi connectivity index (χ1) is 15.7. The lowest BCUT2D eigenvalue weighted by molar-refractivity contribution is -0.120. The Kier molecular flexibility index (Phi) is 5.81. The fraction of sp³-hybridized carbons (Fsp3) is 0.214. The van der Waals surface area contributed by atoms with Gasteiger partial charge in [0.05, 0.1) is 11.3 Å². The van der Waals surface area contributed by atoms with E-state index >= 15 is 0 Å². The van der Waals surface area contributed by atoms with Gasteiger partial charge in [-0.25, -0.2) is 4.90 Å². The van der Waals surface area contributed by atoms with Crippen molar-refractivity contribution in [3.05, 3.63) is 94.2 Å². The molecule has 33 heavy (non-hydrogen) atoms. The average molecular weight is 440 g/mol. The van der Waals surface area contributed by atoms with Crippen LogP contribution in [0.5, 0.6) is 0 Å². The standard InChI is InChI=1S/C28H29N3O2/c1-17-7-9-21(15-19(17)3)25-26(29-22-10-13-23(14-11-22)30(5)6)28(33)31(27(25)32)24-12-8-18(2)20(4)16-24/h7-16,29H,1-6H3. The van der Waals surface area contributed by atoms with Crippen molar-refractivity contribution in [3.8, 4) is 0 Å². The van der Waals surface area contributed by atoms with Crippen molar-refractivity contribution < 1.29 is 9.59 Å². The molecule has 0 spiro atoms. The molecule has 0 aromatic heterocycles. The molecule has 0 saturated carbocycles. The highest BCUT2D eigenvalue weighted by atomic mass is 16.2. The van der Waals surface area contributed by atoms with Crippen molar-refractivity contribution in [2.24, 2.45) is 0 Å². The molecule has 0 radical (unpaired) electrons. The zero-order valence-corrected chi connectivity index (χ0v) is 20.0. The van der Waals surface area contributed by atoms with Crippen molar-refractivity contribution in [1.82, 2.24) is 0 Å². The van der Waals surface area contributed by atoms with Crippen molar-refractivity contribution in [3.63, 3.8) is 0 Å². The van der Waals surface area contributed by atoms with Crippen molar-refractivity contribution in [1.29, 1.82) is 0 Å². The van der Waals surface area contributed by atoms with Crippen LogP contribution in [0.1, 0.15) is 27.8 Å². The van der Waals surface area contributed by atoms with Crippen LogP contribution in [0.25, 0.3) is 5.57 Å². The Morgan fingerprint density at radius 1 is 0.697 bits per heavy atom. The molecular weight excluding hydrogens is 410 g/mol. The number of hydrogen-bond acceptors (Lipinski definition) is 4. The summed E-state index contributed by atoms with van der Waals surface area (Å²) in [6, 6.07) is 19.3. The topological polar surface area (TPSA) is 52.7 Å². The lowest BCUT2D eigenvalue weighted by Gasteiger charge is -2.17. The minimum absolute atomic E-state index is 0.291. The minimum Gasteiger partial charge on any atom is -0.378 e. The monoisotopic (exact) mass is 439 g/mol. The molecule has 1 N–H and O–H groups in total. The highest BCUT2D eigenvalue weighted by molar-refractivity contribution is 6.46. The van der Waals surface area contributed by atoms with Gasteiger partial charge in [0.1, 0.15) is 5.70 Å². The summed E-state index contributed by atoms with van der Waals surface area (Å²) in [5, 5.41) is 3.24. The third-order valence-corrected chi connectivity index (χ3v) is 6.28. The van der Waals surface area contributed by atoms with Crippen LogP contribution in [-0.2, 0) is 9.59 Å². The molecule has 5 nitrogen and oxygen atoms in total. The van der Waals surface area contributed by atoms with Gasteiger partial charge in [-0.1, -0.05) is 24.3 Å². The number of rotatable bonds is 5. The van der Waals surface area contributed by atoms with E-state index in [-0.39, 0.29) is 11.8 Å². The predicted octanol–water partition coefficient (Wildman–Crippen LogP) is 5.38. The van der Waals surface area contributed by atoms with E-state index in [9.17, 15) is 9.59 Å².